The molecule has 0 fully saturated rings. The van der Waals surface area contributed by atoms with Crippen molar-refractivity contribution in [3.63, 3.8) is 0 Å². The van der Waals surface area contributed by atoms with E-state index in [2.05, 4.69) is 19.2 Å². The van der Waals surface area contributed by atoms with Crippen molar-refractivity contribution in [1.82, 2.24) is 5.32 Å². The van der Waals surface area contributed by atoms with Crippen LogP contribution >= 0.6 is 11.3 Å². The molecule has 18 heavy (non-hydrogen) atoms. The molecule has 1 aromatic rings. The second-order valence-electron chi connectivity index (χ2n) is 5.37. The molecule has 1 rings (SSSR count). The molecule has 0 aliphatic rings. The Morgan fingerprint density at radius 2 is 2.28 bits per heavy atom. The zero-order valence-electron chi connectivity index (χ0n) is 11.0. The normalized spacial score (nSPS) is 13.6. The quantitative estimate of drug-likeness (QED) is 0.591. The fourth-order valence-corrected chi connectivity index (χ4v) is 2.70. The van der Waals surface area contributed by atoms with Crippen molar-refractivity contribution in [1.29, 1.82) is 0 Å². The van der Waals surface area contributed by atoms with E-state index >= 15 is 0 Å². The first-order valence-electron chi connectivity index (χ1n) is 5.91. The Kier molecular flexibility index (Phi) is 5.25. The van der Waals surface area contributed by atoms with Crippen LogP contribution in [0.2, 0.25) is 0 Å². The van der Waals surface area contributed by atoms with Crippen LogP contribution < -0.4 is 5.32 Å². The van der Waals surface area contributed by atoms with Crippen molar-refractivity contribution in [2.75, 3.05) is 6.54 Å². The number of nitro groups is 1. The lowest BCUT2D eigenvalue weighted by Gasteiger charge is -2.26. The highest BCUT2D eigenvalue weighted by Crippen LogP contribution is 2.24. The summed E-state index contributed by atoms with van der Waals surface area (Å²) < 4.78 is 0. The number of nitrogens with zero attached hydrogens (tertiary/aromatic N) is 1. The third-order valence-electron chi connectivity index (χ3n) is 2.60. The van der Waals surface area contributed by atoms with Gasteiger partial charge in [0.15, 0.2) is 0 Å². The van der Waals surface area contributed by atoms with Crippen LogP contribution in [0.3, 0.4) is 0 Å². The van der Waals surface area contributed by atoms with Gasteiger partial charge in [-0.05, 0) is 24.3 Å². The minimum Gasteiger partial charge on any atom is -0.393 e. The molecular weight excluding hydrogens is 252 g/mol. The number of hydrogen-bond acceptors (Lipinski definition) is 5. The SMILES string of the molecule is CC(O)CC(C)(C)CNCc1csc([N+](=O)[O-])c1. The smallest absolute Gasteiger partial charge is 0.324 e. The van der Waals surface area contributed by atoms with Gasteiger partial charge in [0.2, 0.25) is 0 Å². The molecule has 2 N–H and O–H groups in total. The summed E-state index contributed by atoms with van der Waals surface area (Å²) in [5.74, 6) is 0. The van der Waals surface area contributed by atoms with E-state index in [4.69, 9.17) is 0 Å². The Labute approximate surface area is 111 Å². The Bertz CT molecular complexity index is 402. The van der Waals surface area contributed by atoms with E-state index in [1.807, 2.05) is 0 Å². The van der Waals surface area contributed by atoms with Crippen LogP contribution in [0.1, 0.15) is 32.8 Å². The number of aliphatic hydroxyl groups is 1. The fraction of sp³-hybridized carbons (Fsp3) is 0.667. The zero-order valence-corrected chi connectivity index (χ0v) is 11.8. The largest absolute Gasteiger partial charge is 0.393 e. The highest BCUT2D eigenvalue weighted by atomic mass is 32.1. The van der Waals surface area contributed by atoms with Crippen LogP contribution in [0.15, 0.2) is 11.4 Å². The number of rotatable bonds is 7. The molecule has 102 valence electrons. The molecular formula is C12H20N2O3S. The van der Waals surface area contributed by atoms with E-state index in [0.717, 1.165) is 29.9 Å². The van der Waals surface area contributed by atoms with Crippen LogP contribution in [0.25, 0.3) is 0 Å². The molecule has 6 heteroatoms. The van der Waals surface area contributed by atoms with E-state index in [0.29, 0.717) is 6.54 Å². The van der Waals surface area contributed by atoms with Gasteiger partial charge in [0.25, 0.3) is 0 Å². The second-order valence-corrected chi connectivity index (χ2v) is 6.26. The second kappa shape index (κ2) is 6.26. The zero-order chi connectivity index (χ0) is 13.8. The van der Waals surface area contributed by atoms with Crippen LogP contribution in [0.5, 0.6) is 0 Å². The average Bonchev–Trinajstić information content (AvgIpc) is 2.63. The molecule has 0 amide bonds. The van der Waals surface area contributed by atoms with Gasteiger partial charge in [-0.25, -0.2) is 0 Å². The van der Waals surface area contributed by atoms with E-state index in [1.54, 1.807) is 18.4 Å². The van der Waals surface area contributed by atoms with Gasteiger partial charge in [0, 0.05) is 24.5 Å². The molecule has 0 aliphatic heterocycles. The lowest BCUT2D eigenvalue weighted by atomic mass is 9.87. The Morgan fingerprint density at radius 3 is 2.78 bits per heavy atom. The highest BCUT2D eigenvalue weighted by molar-refractivity contribution is 7.13. The molecule has 1 atom stereocenters. The topological polar surface area (TPSA) is 75.4 Å². The summed E-state index contributed by atoms with van der Waals surface area (Å²) in [5, 5.41) is 25.2. The molecule has 0 saturated heterocycles. The third kappa shape index (κ3) is 5.12. The van der Waals surface area contributed by atoms with Crippen LogP contribution in [-0.2, 0) is 6.54 Å². The molecule has 1 heterocycles. The fourth-order valence-electron chi connectivity index (χ4n) is 1.97. The molecule has 0 bridgehead atoms. The van der Waals surface area contributed by atoms with Crippen LogP contribution in [0, 0.1) is 15.5 Å². The molecule has 0 radical (unpaired) electrons. The maximum Gasteiger partial charge on any atom is 0.324 e. The first-order valence-corrected chi connectivity index (χ1v) is 6.79. The first-order chi connectivity index (χ1) is 8.30. The summed E-state index contributed by atoms with van der Waals surface area (Å²) in [5.41, 5.74) is 0.940. The number of nitrogens with one attached hydrogen (secondary N) is 1. The van der Waals surface area contributed by atoms with Gasteiger partial charge >= 0.3 is 5.00 Å². The van der Waals surface area contributed by atoms with E-state index in [1.165, 1.54) is 0 Å². The molecule has 0 aliphatic carbocycles. The van der Waals surface area contributed by atoms with E-state index in [9.17, 15) is 15.2 Å². The predicted molar refractivity (Wildman–Crippen MR) is 72.8 cm³/mol. The number of thiophene rings is 1. The summed E-state index contributed by atoms with van der Waals surface area (Å²) >= 11 is 1.15. The van der Waals surface area contributed by atoms with Gasteiger partial charge in [0.1, 0.15) is 0 Å². The Morgan fingerprint density at radius 1 is 1.61 bits per heavy atom. The standard InChI is InChI=1S/C12H20N2O3S/c1-9(15)5-12(2,3)8-13-6-10-4-11(14(16)17)18-7-10/h4,7,9,13,15H,5-6,8H2,1-3H3. The Balaban J connectivity index is 2.39. The minimum atomic E-state index is -0.369. The summed E-state index contributed by atoms with van der Waals surface area (Å²) in [4.78, 5) is 10.2. The molecule has 0 saturated carbocycles. The summed E-state index contributed by atoms with van der Waals surface area (Å²) in [6.07, 6.45) is 0.410. The van der Waals surface area contributed by atoms with Gasteiger partial charge in [-0.1, -0.05) is 25.2 Å². The average molecular weight is 272 g/mol. The maximum atomic E-state index is 10.5. The molecule has 5 nitrogen and oxygen atoms in total. The lowest BCUT2D eigenvalue weighted by Crippen LogP contribution is -2.31. The molecule has 1 aromatic heterocycles. The summed E-state index contributed by atoms with van der Waals surface area (Å²) in [6.45, 7) is 7.34. The predicted octanol–water partition coefficient (Wildman–Crippen LogP) is 2.54. The van der Waals surface area contributed by atoms with Crippen molar-refractivity contribution in [3.05, 3.63) is 27.1 Å². The minimum absolute atomic E-state index is 0.0100. The first kappa shape index (κ1) is 15.1. The van der Waals surface area contributed by atoms with Gasteiger partial charge in [0.05, 0.1) is 11.0 Å². The van der Waals surface area contributed by atoms with Gasteiger partial charge in [-0.2, -0.15) is 0 Å². The van der Waals surface area contributed by atoms with E-state index < -0.39 is 0 Å². The van der Waals surface area contributed by atoms with Gasteiger partial charge in [-0.3, -0.25) is 10.1 Å². The van der Waals surface area contributed by atoms with Crippen LogP contribution in [0.4, 0.5) is 5.00 Å². The van der Waals surface area contributed by atoms with E-state index in [-0.39, 0.29) is 21.4 Å². The maximum absolute atomic E-state index is 10.5. The molecule has 1 unspecified atom stereocenters. The van der Waals surface area contributed by atoms with Gasteiger partial charge < -0.3 is 10.4 Å². The van der Waals surface area contributed by atoms with Gasteiger partial charge in [-0.15, -0.1) is 0 Å². The van der Waals surface area contributed by atoms with Crippen molar-refractivity contribution in [2.45, 2.75) is 39.8 Å². The van der Waals surface area contributed by atoms with Crippen molar-refractivity contribution in [2.24, 2.45) is 5.41 Å². The highest BCUT2D eigenvalue weighted by Gasteiger charge is 2.19. The number of hydrogen-bond donors (Lipinski definition) is 2. The number of aliphatic hydroxyl groups excluding tert-OH is 1. The van der Waals surface area contributed by atoms with Crippen LogP contribution in [-0.4, -0.2) is 22.7 Å². The molecule has 0 aromatic carbocycles. The van der Waals surface area contributed by atoms with Crippen molar-refractivity contribution < 1.29 is 10.0 Å². The molecule has 0 spiro atoms. The third-order valence-corrected chi connectivity index (χ3v) is 3.53. The lowest BCUT2D eigenvalue weighted by molar-refractivity contribution is -0.380. The Hall–Kier alpha value is -0.980. The van der Waals surface area contributed by atoms with Crippen molar-refractivity contribution in [3.8, 4) is 0 Å². The summed E-state index contributed by atoms with van der Waals surface area (Å²) in [6, 6.07) is 1.60. The summed E-state index contributed by atoms with van der Waals surface area (Å²) in [7, 11) is 0. The monoisotopic (exact) mass is 272 g/mol. The van der Waals surface area contributed by atoms with Crippen molar-refractivity contribution >= 4 is 16.3 Å².